The molecule has 1 saturated heterocycles. The van der Waals surface area contributed by atoms with Crippen LogP contribution in [0.2, 0.25) is 5.02 Å². The first kappa shape index (κ1) is 14.5. The highest BCUT2D eigenvalue weighted by atomic mass is 35.5. The van der Waals surface area contributed by atoms with E-state index in [0.717, 1.165) is 19.4 Å². The third-order valence-corrected chi connectivity index (χ3v) is 4.91. The second-order valence-electron chi connectivity index (χ2n) is 5.86. The average molecular weight is 311 g/mol. The van der Waals surface area contributed by atoms with E-state index in [4.69, 9.17) is 22.1 Å². The highest BCUT2D eigenvalue weighted by Gasteiger charge is 2.43. The lowest BCUT2D eigenvalue weighted by atomic mass is 10.00. The number of nitrogens with zero attached hydrogens (tertiary/aromatic N) is 1. The molecule has 114 valence electrons. The summed E-state index contributed by atoms with van der Waals surface area (Å²) in [6.45, 7) is 1.51. The van der Waals surface area contributed by atoms with Crippen LogP contribution in [0.3, 0.4) is 0 Å². The molecule has 1 heterocycles. The fourth-order valence-electron chi connectivity index (χ4n) is 3.63. The summed E-state index contributed by atoms with van der Waals surface area (Å²) in [6.07, 6.45) is 1.62. The third-order valence-electron chi connectivity index (χ3n) is 4.63. The minimum atomic E-state index is -0.447. The quantitative estimate of drug-likeness (QED) is 0.645. The number of hydrogen-bond donors (Lipinski definition) is 2. The van der Waals surface area contributed by atoms with Gasteiger partial charge < -0.3 is 20.5 Å². The van der Waals surface area contributed by atoms with Gasteiger partial charge in [-0.1, -0.05) is 11.6 Å². The van der Waals surface area contributed by atoms with Gasteiger partial charge in [0.15, 0.2) is 0 Å². The second-order valence-corrected chi connectivity index (χ2v) is 6.27. The number of hydrogen-bond acceptors (Lipinski definition) is 5. The van der Waals surface area contributed by atoms with Crippen molar-refractivity contribution in [3.63, 3.8) is 0 Å². The molecule has 3 N–H and O–H groups in total. The zero-order valence-corrected chi connectivity index (χ0v) is 12.6. The molecule has 2 aliphatic rings. The molecule has 1 saturated carbocycles. The van der Waals surface area contributed by atoms with Crippen LogP contribution in [-0.4, -0.2) is 37.4 Å². The van der Waals surface area contributed by atoms with Crippen LogP contribution < -0.4 is 10.6 Å². The van der Waals surface area contributed by atoms with Gasteiger partial charge in [0.05, 0.1) is 29.5 Å². The number of fused-ring (bicyclic) bond motifs is 1. The molecular weight excluding hydrogens is 292 g/mol. The molecular formula is C15H19ClN2O3. The molecule has 1 aromatic rings. The fraction of sp³-hybridized carbons (Fsp3) is 0.533. The Labute approximate surface area is 128 Å². The number of halogens is 1. The first-order valence-corrected chi connectivity index (χ1v) is 7.49. The molecule has 5 nitrogen and oxygen atoms in total. The molecule has 0 bridgehead atoms. The zero-order chi connectivity index (χ0) is 15.1. The summed E-state index contributed by atoms with van der Waals surface area (Å²) in [5.74, 6) is 0.264. The van der Waals surface area contributed by atoms with Crippen molar-refractivity contribution in [1.29, 1.82) is 0 Å². The summed E-state index contributed by atoms with van der Waals surface area (Å²) in [7, 11) is 1.34. The lowest BCUT2D eigenvalue weighted by Gasteiger charge is -2.24. The van der Waals surface area contributed by atoms with E-state index in [-0.39, 0.29) is 12.0 Å². The maximum atomic E-state index is 12.0. The van der Waals surface area contributed by atoms with Crippen molar-refractivity contribution in [2.75, 3.05) is 30.8 Å². The third kappa shape index (κ3) is 2.45. The molecule has 0 aromatic heterocycles. The zero-order valence-electron chi connectivity index (χ0n) is 11.9. The number of anilines is 2. The molecule has 3 atom stereocenters. The number of aliphatic hydroxyl groups excluding tert-OH is 1. The van der Waals surface area contributed by atoms with Crippen LogP contribution >= 0.6 is 11.6 Å². The molecule has 1 aliphatic heterocycles. The van der Waals surface area contributed by atoms with Crippen molar-refractivity contribution >= 4 is 28.9 Å². The van der Waals surface area contributed by atoms with Crippen LogP contribution in [0, 0.1) is 11.8 Å². The number of carbonyl (C=O) groups excluding carboxylic acids is 1. The van der Waals surface area contributed by atoms with Gasteiger partial charge in [-0.15, -0.1) is 0 Å². The summed E-state index contributed by atoms with van der Waals surface area (Å²) in [6, 6.07) is 3.24. The molecule has 3 rings (SSSR count). The fourth-order valence-corrected chi connectivity index (χ4v) is 3.97. The minimum Gasteiger partial charge on any atom is -0.465 e. The molecule has 0 amide bonds. The highest BCUT2D eigenvalue weighted by molar-refractivity contribution is 6.34. The number of carbonyl (C=O) groups is 1. The predicted molar refractivity (Wildman–Crippen MR) is 81.6 cm³/mol. The maximum absolute atomic E-state index is 12.0. The van der Waals surface area contributed by atoms with E-state index < -0.39 is 5.97 Å². The Morgan fingerprint density at radius 1 is 1.43 bits per heavy atom. The minimum absolute atomic E-state index is 0.254. The number of benzene rings is 1. The largest absolute Gasteiger partial charge is 0.465 e. The van der Waals surface area contributed by atoms with Gasteiger partial charge in [0, 0.05) is 24.7 Å². The molecule has 6 heteroatoms. The summed E-state index contributed by atoms with van der Waals surface area (Å²) in [5, 5.41) is 10.5. The normalized spacial score (nSPS) is 27.8. The van der Waals surface area contributed by atoms with Gasteiger partial charge in [-0.2, -0.15) is 0 Å². The molecule has 1 aliphatic carbocycles. The Balaban J connectivity index is 1.97. The van der Waals surface area contributed by atoms with Crippen LogP contribution in [-0.2, 0) is 4.74 Å². The maximum Gasteiger partial charge on any atom is 0.340 e. The van der Waals surface area contributed by atoms with E-state index in [9.17, 15) is 9.90 Å². The van der Waals surface area contributed by atoms with Gasteiger partial charge in [-0.3, -0.25) is 0 Å². The molecule has 0 radical (unpaired) electrons. The van der Waals surface area contributed by atoms with E-state index in [0.29, 0.717) is 34.4 Å². The van der Waals surface area contributed by atoms with Crippen molar-refractivity contribution in [3.8, 4) is 0 Å². The topological polar surface area (TPSA) is 75.8 Å². The molecule has 21 heavy (non-hydrogen) atoms. The van der Waals surface area contributed by atoms with E-state index in [1.54, 1.807) is 12.1 Å². The first-order chi connectivity index (χ1) is 10.0. The molecule has 3 unspecified atom stereocenters. The standard InChI is InChI=1S/C15H19ClN2O3/c1-21-15(20)10-4-9(17)5-12(16)14(10)18-6-8-2-3-13(19)11(8)7-18/h4-5,8,11,13,19H,2-3,6-7,17H2,1H3. The van der Waals surface area contributed by atoms with Crippen molar-refractivity contribution < 1.29 is 14.6 Å². The number of aliphatic hydroxyl groups is 1. The van der Waals surface area contributed by atoms with E-state index in [2.05, 4.69) is 4.90 Å². The lowest BCUT2D eigenvalue weighted by molar-refractivity contribution is 0.0601. The summed E-state index contributed by atoms with van der Waals surface area (Å²) >= 11 is 6.32. The van der Waals surface area contributed by atoms with Crippen molar-refractivity contribution in [1.82, 2.24) is 0 Å². The number of nitrogens with two attached hydrogens (primary N) is 1. The van der Waals surface area contributed by atoms with Gasteiger partial charge in [-0.25, -0.2) is 4.79 Å². The predicted octanol–water partition coefficient (Wildman–Crippen LogP) is 1.92. The van der Waals surface area contributed by atoms with Crippen molar-refractivity contribution in [2.24, 2.45) is 11.8 Å². The van der Waals surface area contributed by atoms with Crippen molar-refractivity contribution in [3.05, 3.63) is 22.7 Å². The van der Waals surface area contributed by atoms with Gasteiger partial charge in [0.1, 0.15) is 0 Å². The van der Waals surface area contributed by atoms with Gasteiger partial charge in [0.2, 0.25) is 0 Å². The Hall–Kier alpha value is -1.46. The average Bonchev–Trinajstić information content (AvgIpc) is 2.99. The molecule has 0 spiro atoms. The van der Waals surface area contributed by atoms with Crippen molar-refractivity contribution in [2.45, 2.75) is 18.9 Å². The lowest BCUT2D eigenvalue weighted by Crippen LogP contribution is -2.26. The van der Waals surface area contributed by atoms with E-state index in [1.165, 1.54) is 7.11 Å². The van der Waals surface area contributed by atoms with Crippen LogP contribution in [0.25, 0.3) is 0 Å². The SMILES string of the molecule is COC(=O)c1cc(N)cc(Cl)c1N1CC2CCC(O)C2C1. The number of nitrogen functional groups attached to an aromatic ring is 1. The van der Waals surface area contributed by atoms with Gasteiger partial charge in [-0.05, 0) is 30.9 Å². The van der Waals surface area contributed by atoms with E-state index in [1.807, 2.05) is 0 Å². The highest BCUT2D eigenvalue weighted by Crippen LogP contribution is 2.43. The van der Waals surface area contributed by atoms with Gasteiger partial charge >= 0.3 is 5.97 Å². The van der Waals surface area contributed by atoms with Crippen LogP contribution in [0.4, 0.5) is 11.4 Å². The number of esters is 1. The summed E-state index contributed by atoms with van der Waals surface area (Å²) < 4.78 is 4.83. The van der Waals surface area contributed by atoms with Crippen LogP contribution in [0.15, 0.2) is 12.1 Å². The smallest absolute Gasteiger partial charge is 0.340 e. The monoisotopic (exact) mass is 310 g/mol. The van der Waals surface area contributed by atoms with Crippen LogP contribution in [0.1, 0.15) is 23.2 Å². The Morgan fingerprint density at radius 2 is 2.19 bits per heavy atom. The molecule has 1 aromatic carbocycles. The first-order valence-electron chi connectivity index (χ1n) is 7.11. The Bertz CT molecular complexity index is 578. The molecule has 2 fully saturated rings. The number of methoxy groups -OCH3 is 1. The Morgan fingerprint density at radius 3 is 2.86 bits per heavy atom. The van der Waals surface area contributed by atoms with Gasteiger partial charge in [0.25, 0.3) is 0 Å². The Kier molecular flexibility index (Phi) is 3.71. The van der Waals surface area contributed by atoms with E-state index >= 15 is 0 Å². The van der Waals surface area contributed by atoms with Crippen LogP contribution in [0.5, 0.6) is 0 Å². The number of rotatable bonds is 2. The number of ether oxygens (including phenoxy) is 1. The second kappa shape index (κ2) is 5.39. The summed E-state index contributed by atoms with van der Waals surface area (Å²) in [5.41, 5.74) is 7.27. The summed E-state index contributed by atoms with van der Waals surface area (Å²) in [4.78, 5) is 14.1.